The average Bonchev–Trinajstić information content (AvgIpc) is 2.37. The molecule has 20 heavy (non-hydrogen) atoms. The van der Waals surface area contributed by atoms with Gasteiger partial charge in [-0.3, -0.25) is 0 Å². The van der Waals surface area contributed by atoms with E-state index in [0.717, 1.165) is 11.3 Å². The van der Waals surface area contributed by atoms with E-state index in [9.17, 15) is 13.2 Å². The van der Waals surface area contributed by atoms with Gasteiger partial charge in [0, 0.05) is 18.5 Å². The number of ether oxygens (including phenoxy) is 1. The van der Waals surface area contributed by atoms with Gasteiger partial charge >= 0.3 is 6.18 Å². The third-order valence-electron chi connectivity index (χ3n) is 3.25. The smallest absolute Gasteiger partial charge is 0.389 e. The summed E-state index contributed by atoms with van der Waals surface area (Å²) in [5.41, 5.74) is 1.09. The van der Waals surface area contributed by atoms with Gasteiger partial charge in [-0.05, 0) is 44.4 Å². The van der Waals surface area contributed by atoms with Crippen LogP contribution in [0.15, 0.2) is 24.3 Å². The number of nitrogens with one attached hydrogen (secondary N) is 1. The summed E-state index contributed by atoms with van der Waals surface area (Å²) >= 11 is 0. The van der Waals surface area contributed by atoms with Crippen LogP contribution in [0, 0.1) is 0 Å². The van der Waals surface area contributed by atoms with Crippen molar-refractivity contribution in [3.8, 4) is 5.75 Å². The zero-order valence-electron chi connectivity index (χ0n) is 12.1. The van der Waals surface area contributed by atoms with E-state index in [1.807, 2.05) is 38.1 Å². The van der Waals surface area contributed by atoms with E-state index >= 15 is 0 Å². The Morgan fingerprint density at radius 1 is 1.15 bits per heavy atom. The fourth-order valence-corrected chi connectivity index (χ4v) is 2.11. The summed E-state index contributed by atoms with van der Waals surface area (Å²) in [7, 11) is 1.61. The summed E-state index contributed by atoms with van der Waals surface area (Å²) in [6.07, 6.45) is -4.09. The molecule has 0 aromatic heterocycles. The van der Waals surface area contributed by atoms with Crippen LogP contribution in [0.3, 0.4) is 0 Å². The zero-order valence-corrected chi connectivity index (χ0v) is 12.1. The third-order valence-corrected chi connectivity index (χ3v) is 3.25. The van der Waals surface area contributed by atoms with E-state index in [1.165, 1.54) is 0 Å². The molecular weight excluding hydrogens is 267 g/mol. The largest absolute Gasteiger partial charge is 0.497 e. The van der Waals surface area contributed by atoms with Crippen molar-refractivity contribution in [3.63, 3.8) is 0 Å². The monoisotopic (exact) mass is 289 g/mol. The molecule has 5 heteroatoms. The van der Waals surface area contributed by atoms with Gasteiger partial charge in [0.25, 0.3) is 0 Å². The van der Waals surface area contributed by atoms with E-state index < -0.39 is 12.6 Å². The Hall–Kier alpha value is -1.23. The van der Waals surface area contributed by atoms with Crippen molar-refractivity contribution < 1.29 is 17.9 Å². The molecule has 1 N–H and O–H groups in total. The summed E-state index contributed by atoms with van der Waals surface area (Å²) in [5, 5.41) is 3.31. The number of methoxy groups -OCH3 is 1. The molecule has 0 fully saturated rings. The Morgan fingerprint density at radius 3 is 2.25 bits per heavy atom. The molecule has 114 valence electrons. The molecule has 0 spiro atoms. The third kappa shape index (κ3) is 6.28. The van der Waals surface area contributed by atoms with Crippen LogP contribution >= 0.6 is 0 Å². The predicted molar refractivity (Wildman–Crippen MR) is 73.9 cm³/mol. The normalized spacial score (nSPS) is 14.9. The first kappa shape index (κ1) is 16.8. The first-order valence-electron chi connectivity index (χ1n) is 6.78. The lowest BCUT2D eigenvalue weighted by Crippen LogP contribution is -2.29. The van der Waals surface area contributed by atoms with Crippen LogP contribution in [0.25, 0.3) is 0 Å². The van der Waals surface area contributed by atoms with Crippen molar-refractivity contribution in [2.75, 3.05) is 7.11 Å². The van der Waals surface area contributed by atoms with Crippen LogP contribution in [0.4, 0.5) is 13.2 Å². The minimum Gasteiger partial charge on any atom is -0.497 e. The highest BCUT2D eigenvalue weighted by molar-refractivity contribution is 5.28. The van der Waals surface area contributed by atoms with Crippen LogP contribution in [-0.2, 0) is 0 Å². The molecule has 0 saturated heterocycles. The van der Waals surface area contributed by atoms with Crippen molar-refractivity contribution in [2.24, 2.45) is 0 Å². The number of halogens is 3. The highest BCUT2D eigenvalue weighted by Gasteiger charge is 2.26. The second-order valence-corrected chi connectivity index (χ2v) is 5.07. The number of hydrogen-bond donors (Lipinski definition) is 1. The summed E-state index contributed by atoms with van der Waals surface area (Å²) in [5.74, 6) is 0.791. The topological polar surface area (TPSA) is 21.3 Å². The second-order valence-electron chi connectivity index (χ2n) is 5.07. The average molecular weight is 289 g/mol. The van der Waals surface area contributed by atoms with E-state index in [2.05, 4.69) is 5.32 Å². The molecule has 0 aliphatic rings. The quantitative estimate of drug-likeness (QED) is 0.799. The highest BCUT2D eigenvalue weighted by atomic mass is 19.4. The molecule has 0 saturated carbocycles. The van der Waals surface area contributed by atoms with Crippen LogP contribution in [0.1, 0.15) is 44.7 Å². The first-order valence-corrected chi connectivity index (χ1v) is 6.78. The van der Waals surface area contributed by atoms with Crippen molar-refractivity contribution >= 4 is 0 Å². The predicted octanol–water partition coefficient (Wildman–Crippen LogP) is 4.47. The molecule has 1 aromatic carbocycles. The second kappa shape index (κ2) is 7.53. The van der Waals surface area contributed by atoms with Gasteiger partial charge in [-0.1, -0.05) is 12.1 Å². The van der Waals surface area contributed by atoms with Crippen molar-refractivity contribution in [1.82, 2.24) is 5.32 Å². The Labute approximate surface area is 118 Å². The lowest BCUT2D eigenvalue weighted by atomic mass is 10.1. The highest BCUT2D eigenvalue weighted by Crippen LogP contribution is 2.23. The van der Waals surface area contributed by atoms with Gasteiger partial charge in [0.15, 0.2) is 0 Å². The molecule has 0 bridgehead atoms. The standard InChI is InChI=1S/C15H22F3NO/c1-11(5-4-10-15(16,17)18)19-12(2)13-6-8-14(20-3)9-7-13/h6-9,11-12,19H,4-5,10H2,1-3H3. The SMILES string of the molecule is COc1ccc(C(C)NC(C)CCCC(F)(F)F)cc1. The van der Waals surface area contributed by atoms with Gasteiger partial charge in [-0.2, -0.15) is 13.2 Å². The molecule has 0 radical (unpaired) electrons. The fourth-order valence-electron chi connectivity index (χ4n) is 2.11. The minimum atomic E-state index is -4.05. The summed E-state index contributed by atoms with van der Waals surface area (Å²) in [4.78, 5) is 0. The molecule has 0 heterocycles. The van der Waals surface area contributed by atoms with E-state index in [0.29, 0.717) is 6.42 Å². The van der Waals surface area contributed by atoms with Gasteiger partial charge in [0.1, 0.15) is 5.75 Å². The van der Waals surface area contributed by atoms with E-state index in [-0.39, 0.29) is 18.5 Å². The first-order chi connectivity index (χ1) is 9.31. The van der Waals surface area contributed by atoms with Crippen LogP contribution in [-0.4, -0.2) is 19.3 Å². The number of benzene rings is 1. The van der Waals surface area contributed by atoms with E-state index in [4.69, 9.17) is 4.74 Å². The Balaban J connectivity index is 2.38. The van der Waals surface area contributed by atoms with Crippen molar-refractivity contribution in [1.29, 1.82) is 0 Å². The maximum atomic E-state index is 12.1. The summed E-state index contributed by atoms with van der Waals surface area (Å²) in [6, 6.07) is 7.82. The van der Waals surface area contributed by atoms with E-state index in [1.54, 1.807) is 7.11 Å². The van der Waals surface area contributed by atoms with Crippen LogP contribution in [0.5, 0.6) is 5.75 Å². The molecule has 1 aromatic rings. The van der Waals surface area contributed by atoms with Crippen molar-refractivity contribution in [3.05, 3.63) is 29.8 Å². The van der Waals surface area contributed by atoms with Gasteiger partial charge in [-0.25, -0.2) is 0 Å². The number of alkyl halides is 3. The molecule has 2 unspecified atom stereocenters. The van der Waals surface area contributed by atoms with Gasteiger partial charge in [-0.15, -0.1) is 0 Å². The molecule has 0 aliphatic heterocycles. The number of hydrogen-bond acceptors (Lipinski definition) is 2. The summed E-state index contributed by atoms with van der Waals surface area (Å²) < 4.78 is 41.3. The zero-order chi connectivity index (χ0) is 15.2. The molecule has 2 atom stereocenters. The summed E-state index contributed by atoms with van der Waals surface area (Å²) in [6.45, 7) is 3.92. The molecule has 0 aliphatic carbocycles. The van der Waals surface area contributed by atoms with Gasteiger partial charge < -0.3 is 10.1 Å². The minimum absolute atomic E-state index is 0.0504. The maximum Gasteiger partial charge on any atom is 0.389 e. The number of rotatable bonds is 7. The Morgan fingerprint density at radius 2 is 1.75 bits per heavy atom. The molecule has 2 nitrogen and oxygen atoms in total. The fraction of sp³-hybridized carbons (Fsp3) is 0.600. The van der Waals surface area contributed by atoms with Crippen molar-refractivity contribution in [2.45, 2.75) is 51.4 Å². The Kier molecular flexibility index (Phi) is 6.33. The van der Waals surface area contributed by atoms with Crippen LogP contribution in [0.2, 0.25) is 0 Å². The molecular formula is C15H22F3NO. The molecule has 0 amide bonds. The molecule has 1 rings (SSSR count). The van der Waals surface area contributed by atoms with Crippen LogP contribution < -0.4 is 10.1 Å². The van der Waals surface area contributed by atoms with Gasteiger partial charge in [0.05, 0.1) is 7.11 Å². The lowest BCUT2D eigenvalue weighted by molar-refractivity contribution is -0.135. The van der Waals surface area contributed by atoms with Gasteiger partial charge in [0.2, 0.25) is 0 Å². The Bertz CT molecular complexity index is 389. The maximum absolute atomic E-state index is 12.1. The lowest BCUT2D eigenvalue weighted by Gasteiger charge is -2.21.